The predicted octanol–water partition coefficient (Wildman–Crippen LogP) is 2.53. The van der Waals surface area contributed by atoms with E-state index >= 15 is 0 Å². The minimum Gasteiger partial charge on any atom is -0.312 e. The Hall–Kier alpha value is -0.900. The van der Waals surface area contributed by atoms with Gasteiger partial charge in [-0.25, -0.2) is 0 Å². The third-order valence-corrected chi connectivity index (χ3v) is 4.60. The molecule has 0 saturated carbocycles. The molecule has 1 aromatic rings. The summed E-state index contributed by atoms with van der Waals surface area (Å²) in [5.41, 5.74) is 2.73. The van der Waals surface area contributed by atoms with E-state index in [1.165, 1.54) is 43.6 Å². The minimum atomic E-state index is 0.441. The fourth-order valence-corrected chi connectivity index (χ4v) is 3.29. The predicted molar refractivity (Wildman–Crippen MR) is 90.7 cm³/mol. The van der Waals surface area contributed by atoms with Crippen molar-refractivity contribution >= 4 is 0 Å². The number of aryl methyl sites for hydroxylation is 1. The zero-order valence-electron chi connectivity index (χ0n) is 14.1. The summed E-state index contributed by atoms with van der Waals surface area (Å²) in [6, 6.07) is 9.38. The molecule has 0 aromatic heterocycles. The Labute approximate surface area is 130 Å². The van der Waals surface area contributed by atoms with Crippen molar-refractivity contribution in [2.24, 2.45) is 5.92 Å². The minimum absolute atomic E-state index is 0.441. The number of piperidine rings is 1. The van der Waals surface area contributed by atoms with Gasteiger partial charge < -0.3 is 15.1 Å². The maximum absolute atomic E-state index is 3.48. The van der Waals surface area contributed by atoms with Crippen LogP contribution in [-0.2, 0) is 0 Å². The zero-order valence-corrected chi connectivity index (χ0v) is 14.1. The second kappa shape index (κ2) is 7.92. The number of benzene rings is 1. The number of nitrogens with zero attached hydrogens (tertiary/aromatic N) is 2. The van der Waals surface area contributed by atoms with Crippen molar-refractivity contribution in [3.05, 3.63) is 35.4 Å². The van der Waals surface area contributed by atoms with Gasteiger partial charge in [0.25, 0.3) is 0 Å². The first-order valence-electron chi connectivity index (χ1n) is 8.19. The summed E-state index contributed by atoms with van der Waals surface area (Å²) >= 11 is 0. The van der Waals surface area contributed by atoms with Crippen LogP contribution in [0, 0.1) is 12.8 Å². The van der Waals surface area contributed by atoms with Crippen molar-refractivity contribution in [2.45, 2.75) is 25.8 Å². The highest BCUT2D eigenvalue weighted by Gasteiger charge is 2.22. The van der Waals surface area contributed by atoms with Crippen LogP contribution in [0.3, 0.4) is 0 Å². The maximum Gasteiger partial charge on any atom is 0.0446 e. The second-order valence-corrected chi connectivity index (χ2v) is 6.76. The molecule has 1 atom stereocenters. The Kier molecular flexibility index (Phi) is 6.22. The van der Waals surface area contributed by atoms with Crippen LogP contribution in [0.5, 0.6) is 0 Å². The molecule has 0 aliphatic carbocycles. The Morgan fingerprint density at radius 1 is 1.19 bits per heavy atom. The van der Waals surface area contributed by atoms with Gasteiger partial charge in [-0.1, -0.05) is 29.8 Å². The molecule has 0 spiro atoms. The van der Waals surface area contributed by atoms with Gasteiger partial charge in [0.2, 0.25) is 0 Å². The summed E-state index contributed by atoms with van der Waals surface area (Å²) in [6.07, 6.45) is 2.67. The lowest BCUT2D eigenvalue weighted by Crippen LogP contribution is -2.41. The maximum atomic E-state index is 3.48. The van der Waals surface area contributed by atoms with Crippen LogP contribution < -0.4 is 5.32 Å². The third-order valence-electron chi connectivity index (χ3n) is 4.60. The molecule has 118 valence electrons. The fourth-order valence-electron chi connectivity index (χ4n) is 3.29. The smallest absolute Gasteiger partial charge is 0.0446 e. The first-order chi connectivity index (χ1) is 10.1. The summed E-state index contributed by atoms with van der Waals surface area (Å²) < 4.78 is 0. The number of hydrogen-bond donors (Lipinski definition) is 1. The highest BCUT2D eigenvalue weighted by molar-refractivity contribution is 5.24. The summed E-state index contributed by atoms with van der Waals surface area (Å²) in [5, 5.41) is 3.48. The first-order valence-corrected chi connectivity index (χ1v) is 8.19. The van der Waals surface area contributed by atoms with Crippen molar-refractivity contribution in [3.8, 4) is 0 Å². The van der Waals surface area contributed by atoms with E-state index in [0.717, 1.165) is 12.5 Å². The Morgan fingerprint density at radius 2 is 1.81 bits per heavy atom. The molecule has 1 fully saturated rings. The first kappa shape index (κ1) is 16.5. The molecule has 1 N–H and O–H groups in total. The molecule has 1 aliphatic rings. The van der Waals surface area contributed by atoms with E-state index in [1.807, 2.05) is 0 Å². The van der Waals surface area contributed by atoms with E-state index in [-0.39, 0.29) is 0 Å². The molecule has 2 rings (SSSR count). The fraction of sp³-hybridized carbons (Fsp3) is 0.667. The monoisotopic (exact) mass is 289 g/mol. The van der Waals surface area contributed by atoms with E-state index in [9.17, 15) is 0 Å². The number of hydrogen-bond acceptors (Lipinski definition) is 3. The van der Waals surface area contributed by atoms with Gasteiger partial charge in [0.1, 0.15) is 0 Å². The summed E-state index contributed by atoms with van der Waals surface area (Å²) in [4.78, 5) is 4.94. The van der Waals surface area contributed by atoms with Gasteiger partial charge in [0.15, 0.2) is 0 Å². The van der Waals surface area contributed by atoms with Gasteiger partial charge in [-0.15, -0.1) is 0 Å². The lowest BCUT2D eigenvalue weighted by Gasteiger charge is -2.35. The molecule has 1 aromatic carbocycles. The number of likely N-dealkylation sites (tertiary alicyclic amines) is 1. The van der Waals surface area contributed by atoms with Gasteiger partial charge in [-0.05, 0) is 65.5 Å². The quantitative estimate of drug-likeness (QED) is 0.868. The Balaban J connectivity index is 1.84. The molecule has 3 nitrogen and oxygen atoms in total. The number of likely N-dealkylation sites (N-methyl/N-ethyl adjacent to an activating group) is 1. The van der Waals surface area contributed by atoms with Crippen molar-refractivity contribution in [2.75, 3.05) is 47.3 Å². The van der Waals surface area contributed by atoms with E-state index in [4.69, 9.17) is 0 Å². The summed E-state index contributed by atoms with van der Waals surface area (Å²) in [6.45, 7) is 6.98. The highest BCUT2D eigenvalue weighted by Crippen LogP contribution is 2.21. The van der Waals surface area contributed by atoms with E-state index < -0.39 is 0 Å². The van der Waals surface area contributed by atoms with Crippen LogP contribution in [0.25, 0.3) is 0 Å². The third kappa shape index (κ3) is 5.10. The van der Waals surface area contributed by atoms with Gasteiger partial charge in [0, 0.05) is 19.1 Å². The average molecular weight is 289 g/mol. The molecule has 1 unspecified atom stereocenters. The van der Waals surface area contributed by atoms with E-state index in [0.29, 0.717) is 6.04 Å². The molecular formula is C18H31N3. The molecule has 0 radical (unpaired) electrons. The standard InChI is InChI=1S/C18H31N3/c1-15-5-7-17(8-6-15)18(19-2)14-21-11-9-16(10-12-21)13-20(3)4/h5-8,16,18-19H,9-14H2,1-4H3. The van der Waals surface area contributed by atoms with Crippen molar-refractivity contribution < 1.29 is 0 Å². The van der Waals surface area contributed by atoms with Crippen molar-refractivity contribution in [1.29, 1.82) is 0 Å². The molecule has 1 heterocycles. The summed E-state index contributed by atoms with van der Waals surface area (Å²) in [7, 11) is 6.44. The van der Waals surface area contributed by atoms with Crippen molar-refractivity contribution in [3.63, 3.8) is 0 Å². The van der Waals surface area contributed by atoms with Gasteiger partial charge in [-0.3, -0.25) is 0 Å². The topological polar surface area (TPSA) is 18.5 Å². The van der Waals surface area contributed by atoms with E-state index in [2.05, 4.69) is 67.4 Å². The molecule has 1 aliphatic heterocycles. The van der Waals surface area contributed by atoms with Crippen LogP contribution in [-0.4, -0.2) is 57.1 Å². The van der Waals surface area contributed by atoms with Gasteiger partial charge in [0.05, 0.1) is 0 Å². The van der Waals surface area contributed by atoms with Gasteiger partial charge >= 0.3 is 0 Å². The lowest BCUT2D eigenvalue weighted by molar-refractivity contribution is 0.152. The highest BCUT2D eigenvalue weighted by atomic mass is 15.2. The molecule has 0 amide bonds. The van der Waals surface area contributed by atoms with Gasteiger partial charge in [-0.2, -0.15) is 0 Å². The lowest BCUT2D eigenvalue weighted by atomic mass is 9.95. The molecule has 1 saturated heterocycles. The van der Waals surface area contributed by atoms with Crippen LogP contribution in [0.1, 0.15) is 30.0 Å². The normalized spacial score (nSPS) is 19.1. The van der Waals surface area contributed by atoms with E-state index in [1.54, 1.807) is 0 Å². The molecule has 21 heavy (non-hydrogen) atoms. The Morgan fingerprint density at radius 3 is 2.33 bits per heavy atom. The molecular weight excluding hydrogens is 258 g/mol. The van der Waals surface area contributed by atoms with Crippen molar-refractivity contribution in [1.82, 2.24) is 15.1 Å². The second-order valence-electron chi connectivity index (χ2n) is 6.76. The molecule has 0 bridgehead atoms. The zero-order chi connectivity index (χ0) is 15.2. The van der Waals surface area contributed by atoms with Crippen LogP contribution >= 0.6 is 0 Å². The van der Waals surface area contributed by atoms with Crippen LogP contribution in [0.15, 0.2) is 24.3 Å². The van der Waals surface area contributed by atoms with Crippen LogP contribution in [0.4, 0.5) is 0 Å². The largest absolute Gasteiger partial charge is 0.312 e. The Bertz CT molecular complexity index is 405. The summed E-state index contributed by atoms with van der Waals surface area (Å²) in [5.74, 6) is 0.878. The average Bonchev–Trinajstić information content (AvgIpc) is 2.47. The molecule has 3 heteroatoms. The number of rotatable bonds is 6. The number of nitrogens with one attached hydrogen (secondary N) is 1. The SMILES string of the molecule is CNC(CN1CCC(CN(C)C)CC1)c1ccc(C)cc1. The van der Waals surface area contributed by atoms with Crippen LogP contribution in [0.2, 0.25) is 0 Å².